The monoisotopic (exact) mass is 561 g/mol. The van der Waals surface area contributed by atoms with E-state index in [1.807, 2.05) is 72.5 Å². The Morgan fingerprint density at radius 3 is 2.49 bits per heavy atom. The normalized spacial score (nSPS) is 21.2. The molecule has 7 rings (SSSR count). The third-order valence-corrected chi connectivity index (χ3v) is 9.35. The summed E-state index contributed by atoms with van der Waals surface area (Å²) in [6, 6.07) is 29.9. The molecule has 206 valence electrons. The van der Waals surface area contributed by atoms with Crippen molar-refractivity contribution in [2.24, 2.45) is 5.92 Å². The SMILES string of the molecule is Cc1ccc(-c2ccccc2C(=O)Nc2ccc(C(=O)N3CC4C5CCC(C5)N4Cc4ccc(Cl)cc43)cc2)cc1. The summed E-state index contributed by atoms with van der Waals surface area (Å²) in [5, 5.41) is 3.65. The second-order valence-electron chi connectivity index (χ2n) is 11.6. The zero-order valence-electron chi connectivity index (χ0n) is 23.0. The second-order valence-corrected chi connectivity index (χ2v) is 12.0. The van der Waals surface area contributed by atoms with Gasteiger partial charge < -0.3 is 10.2 Å². The topological polar surface area (TPSA) is 52.7 Å². The van der Waals surface area contributed by atoms with Crippen molar-refractivity contribution >= 4 is 34.8 Å². The number of carbonyl (C=O) groups is 2. The Labute approximate surface area is 245 Å². The van der Waals surface area contributed by atoms with Gasteiger partial charge in [0.1, 0.15) is 0 Å². The standard InChI is InChI=1S/C35H32ClN3O2/c1-22-6-8-23(9-7-22)30-4-2-3-5-31(30)34(40)37-28-15-11-24(12-16-28)35(41)39-21-33-25-13-17-29(18-25)38(33)20-26-10-14-27(36)19-32(26)39/h2-12,14-16,19,25,29,33H,13,17-18,20-21H2,1H3,(H,37,40). The lowest BCUT2D eigenvalue weighted by Gasteiger charge is -2.35. The quantitative estimate of drug-likeness (QED) is 0.279. The van der Waals surface area contributed by atoms with Gasteiger partial charge in [-0.3, -0.25) is 14.5 Å². The van der Waals surface area contributed by atoms with Gasteiger partial charge in [-0.15, -0.1) is 0 Å². The Morgan fingerprint density at radius 2 is 1.68 bits per heavy atom. The Hall–Kier alpha value is -3.93. The van der Waals surface area contributed by atoms with Gasteiger partial charge in [-0.1, -0.05) is 65.7 Å². The van der Waals surface area contributed by atoms with Crippen LogP contribution < -0.4 is 10.2 Å². The van der Waals surface area contributed by atoms with Crippen LogP contribution in [0.4, 0.5) is 11.4 Å². The fourth-order valence-electron chi connectivity index (χ4n) is 7.00. The molecule has 41 heavy (non-hydrogen) atoms. The Balaban J connectivity index is 1.12. The van der Waals surface area contributed by atoms with Crippen LogP contribution in [-0.2, 0) is 6.54 Å². The first kappa shape index (κ1) is 26.0. The van der Waals surface area contributed by atoms with Gasteiger partial charge in [0, 0.05) is 52.7 Å². The highest BCUT2D eigenvalue weighted by molar-refractivity contribution is 6.31. The van der Waals surface area contributed by atoms with Gasteiger partial charge in [-0.2, -0.15) is 0 Å². The van der Waals surface area contributed by atoms with Gasteiger partial charge in [0.25, 0.3) is 11.8 Å². The van der Waals surface area contributed by atoms with Crippen molar-refractivity contribution in [1.82, 2.24) is 4.90 Å². The van der Waals surface area contributed by atoms with E-state index < -0.39 is 0 Å². The maximum Gasteiger partial charge on any atom is 0.258 e. The number of piperidine rings is 1. The molecular formula is C35H32ClN3O2. The average molecular weight is 562 g/mol. The van der Waals surface area contributed by atoms with Crippen LogP contribution >= 0.6 is 11.6 Å². The largest absolute Gasteiger partial charge is 0.322 e. The van der Waals surface area contributed by atoms with Crippen molar-refractivity contribution in [1.29, 1.82) is 0 Å². The van der Waals surface area contributed by atoms with Crippen molar-refractivity contribution < 1.29 is 9.59 Å². The fraction of sp³-hybridized carbons (Fsp3) is 0.257. The van der Waals surface area contributed by atoms with Crippen molar-refractivity contribution in [2.75, 3.05) is 16.8 Å². The van der Waals surface area contributed by atoms with Gasteiger partial charge in [-0.25, -0.2) is 0 Å². The van der Waals surface area contributed by atoms with E-state index in [2.05, 4.69) is 16.3 Å². The molecule has 3 unspecified atom stereocenters. The number of fused-ring (bicyclic) bond motifs is 6. The molecule has 2 amide bonds. The number of rotatable bonds is 4. The minimum Gasteiger partial charge on any atom is -0.322 e. The van der Waals surface area contributed by atoms with Crippen molar-refractivity contribution in [3.8, 4) is 11.1 Å². The van der Waals surface area contributed by atoms with E-state index >= 15 is 0 Å². The number of hydrogen-bond acceptors (Lipinski definition) is 3. The van der Waals surface area contributed by atoms with E-state index in [1.54, 1.807) is 24.3 Å². The lowest BCUT2D eigenvalue weighted by molar-refractivity contribution is 0.0961. The van der Waals surface area contributed by atoms with Gasteiger partial charge in [0.15, 0.2) is 0 Å². The summed E-state index contributed by atoms with van der Waals surface area (Å²) >= 11 is 6.42. The molecule has 1 aliphatic carbocycles. The molecule has 3 atom stereocenters. The second kappa shape index (κ2) is 10.5. The van der Waals surface area contributed by atoms with Crippen LogP contribution in [0.3, 0.4) is 0 Å². The summed E-state index contributed by atoms with van der Waals surface area (Å²) in [5.74, 6) is 0.411. The highest BCUT2D eigenvalue weighted by Crippen LogP contribution is 2.46. The lowest BCUT2D eigenvalue weighted by atomic mass is 9.98. The number of benzene rings is 4. The molecule has 2 heterocycles. The first-order valence-electron chi connectivity index (χ1n) is 14.4. The molecule has 4 aromatic rings. The highest BCUT2D eigenvalue weighted by Gasteiger charge is 2.48. The zero-order chi connectivity index (χ0) is 28.1. The van der Waals surface area contributed by atoms with Gasteiger partial charge in [0.2, 0.25) is 0 Å². The molecular weight excluding hydrogens is 530 g/mol. The number of amides is 2. The van der Waals surface area contributed by atoms with Crippen LogP contribution in [0.25, 0.3) is 11.1 Å². The van der Waals surface area contributed by atoms with Crippen LogP contribution in [0.15, 0.2) is 91.0 Å². The lowest BCUT2D eigenvalue weighted by Crippen LogP contribution is -2.46. The molecule has 0 aromatic heterocycles. The van der Waals surface area contributed by atoms with E-state index in [0.29, 0.717) is 46.4 Å². The first-order valence-corrected chi connectivity index (χ1v) is 14.8. The summed E-state index contributed by atoms with van der Waals surface area (Å²) < 4.78 is 0. The number of carbonyl (C=O) groups excluding carboxylic acids is 2. The highest BCUT2D eigenvalue weighted by atomic mass is 35.5. The summed E-state index contributed by atoms with van der Waals surface area (Å²) in [5.41, 5.74) is 6.93. The predicted molar refractivity (Wildman–Crippen MR) is 165 cm³/mol. The van der Waals surface area contributed by atoms with Gasteiger partial charge >= 0.3 is 0 Å². The van der Waals surface area contributed by atoms with Crippen LogP contribution in [0.1, 0.15) is 51.1 Å². The molecule has 1 N–H and O–H groups in total. The predicted octanol–water partition coefficient (Wildman–Crippen LogP) is 7.58. The van der Waals surface area contributed by atoms with E-state index in [0.717, 1.165) is 28.9 Å². The van der Waals surface area contributed by atoms with Gasteiger partial charge in [0.05, 0.1) is 0 Å². The molecule has 3 aliphatic rings. The number of hydrogen-bond donors (Lipinski definition) is 1. The van der Waals surface area contributed by atoms with E-state index in [4.69, 9.17) is 11.6 Å². The minimum absolute atomic E-state index is 0.0410. The molecule has 6 heteroatoms. The van der Waals surface area contributed by atoms with Gasteiger partial charge in [-0.05, 0) is 91.3 Å². The Morgan fingerprint density at radius 1 is 0.902 bits per heavy atom. The molecule has 0 radical (unpaired) electrons. The third kappa shape index (κ3) is 4.83. The van der Waals surface area contributed by atoms with Crippen molar-refractivity contribution in [2.45, 2.75) is 44.8 Å². The number of aryl methyl sites for hydroxylation is 1. The first-order chi connectivity index (χ1) is 19.9. The maximum absolute atomic E-state index is 14.0. The molecule has 2 bridgehead atoms. The molecule has 0 spiro atoms. The van der Waals surface area contributed by atoms with E-state index in [9.17, 15) is 9.59 Å². The van der Waals surface area contributed by atoms with E-state index in [-0.39, 0.29) is 11.8 Å². The summed E-state index contributed by atoms with van der Waals surface area (Å²) in [6.07, 6.45) is 3.73. The Bertz CT molecular complexity index is 1630. The molecule has 1 saturated heterocycles. The van der Waals surface area contributed by atoms with Crippen molar-refractivity contribution in [3.63, 3.8) is 0 Å². The third-order valence-electron chi connectivity index (χ3n) is 9.11. The average Bonchev–Trinajstić information content (AvgIpc) is 3.55. The van der Waals surface area contributed by atoms with Crippen LogP contribution in [-0.4, -0.2) is 35.3 Å². The Kier molecular flexibility index (Phi) is 6.64. The van der Waals surface area contributed by atoms with E-state index in [1.165, 1.54) is 24.8 Å². The molecule has 5 nitrogen and oxygen atoms in total. The fourth-order valence-corrected chi connectivity index (χ4v) is 7.16. The van der Waals surface area contributed by atoms with Crippen LogP contribution in [0, 0.1) is 12.8 Å². The number of anilines is 2. The molecule has 4 aromatic carbocycles. The molecule has 2 aliphatic heterocycles. The molecule has 2 fully saturated rings. The van der Waals surface area contributed by atoms with Crippen molar-refractivity contribution in [3.05, 3.63) is 118 Å². The zero-order valence-corrected chi connectivity index (χ0v) is 23.8. The minimum atomic E-state index is -0.187. The number of nitrogens with one attached hydrogen (secondary N) is 1. The number of halogens is 1. The van der Waals surface area contributed by atoms with Crippen LogP contribution in [0.5, 0.6) is 0 Å². The summed E-state index contributed by atoms with van der Waals surface area (Å²) in [4.78, 5) is 31.8. The smallest absolute Gasteiger partial charge is 0.258 e. The summed E-state index contributed by atoms with van der Waals surface area (Å²) in [7, 11) is 0. The summed E-state index contributed by atoms with van der Waals surface area (Å²) in [6.45, 7) is 3.57. The maximum atomic E-state index is 14.0. The molecule has 1 saturated carbocycles. The van der Waals surface area contributed by atoms with Crippen LogP contribution in [0.2, 0.25) is 5.02 Å². The number of nitrogens with zero attached hydrogens (tertiary/aromatic N) is 2.